The molecule has 0 spiro atoms. The fraction of sp³-hybridized carbons (Fsp3) is 0.615. The van der Waals surface area contributed by atoms with Gasteiger partial charge in [-0.1, -0.05) is 6.92 Å². The maximum atomic E-state index is 5.38. The van der Waals surface area contributed by atoms with Crippen molar-refractivity contribution < 1.29 is 4.74 Å². The Hall–Kier alpha value is -1.29. The van der Waals surface area contributed by atoms with Crippen LogP contribution in [-0.2, 0) is 4.74 Å². The zero-order chi connectivity index (χ0) is 12.1. The molecular formula is C13H21N3O. The lowest BCUT2D eigenvalue weighted by Gasteiger charge is -2.18. The predicted molar refractivity (Wildman–Crippen MR) is 70.6 cm³/mol. The van der Waals surface area contributed by atoms with Crippen LogP contribution in [0.5, 0.6) is 0 Å². The quantitative estimate of drug-likeness (QED) is 0.848. The van der Waals surface area contributed by atoms with Crippen molar-refractivity contribution in [1.82, 2.24) is 4.98 Å². The Kier molecular flexibility index (Phi) is 4.20. The summed E-state index contributed by atoms with van der Waals surface area (Å²) in [4.78, 5) is 6.62. The van der Waals surface area contributed by atoms with Crippen molar-refractivity contribution in [3.63, 3.8) is 0 Å². The van der Waals surface area contributed by atoms with Gasteiger partial charge in [-0.05, 0) is 18.9 Å². The molecule has 1 saturated heterocycles. The molecule has 0 aromatic carbocycles. The highest BCUT2D eigenvalue weighted by Gasteiger charge is 2.22. The summed E-state index contributed by atoms with van der Waals surface area (Å²) in [5.41, 5.74) is 2.29. The van der Waals surface area contributed by atoms with E-state index in [0.717, 1.165) is 38.2 Å². The summed E-state index contributed by atoms with van der Waals surface area (Å²) >= 11 is 0. The standard InChI is InChI=1S/C13H21N3O/c1-3-5-15-11-7-12(9-14-8-11)16-6-4-13(10-16)17-2/h7-9,13,15H,3-6,10H2,1-2H3. The number of nitrogens with one attached hydrogen (secondary N) is 1. The van der Waals surface area contributed by atoms with E-state index in [1.807, 2.05) is 12.4 Å². The van der Waals surface area contributed by atoms with Crippen LogP contribution in [0.2, 0.25) is 0 Å². The number of anilines is 2. The summed E-state index contributed by atoms with van der Waals surface area (Å²) in [5, 5.41) is 3.36. The van der Waals surface area contributed by atoms with Gasteiger partial charge in [0.1, 0.15) is 0 Å². The molecule has 1 N–H and O–H groups in total. The van der Waals surface area contributed by atoms with Gasteiger partial charge in [0, 0.05) is 26.7 Å². The number of ether oxygens (including phenoxy) is 1. The zero-order valence-electron chi connectivity index (χ0n) is 10.6. The minimum absolute atomic E-state index is 0.363. The van der Waals surface area contributed by atoms with Crippen LogP contribution < -0.4 is 10.2 Å². The van der Waals surface area contributed by atoms with E-state index in [2.05, 4.69) is 28.2 Å². The van der Waals surface area contributed by atoms with Crippen molar-refractivity contribution in [2.75, 3.05) is 37.0 Å². The Morgan fingerprint density at radius 1 is 1.53 bits per heavy atom. The molecular weight excluding hydrogens is 214 g/mol. The summed E-state index contributed by atoms with van der Waals surface area (Å²) in [5.74, 6) is 0. The van der Waals surface area contributed by atoms with E-state index in [0.29, 0.717) is 6.10 Å². The average Bonchev–Trinajstić information content (AvgIpc) is 2.85. The van der Waals surface area contributed by atoms with Crippen LogP contribution in [0.3, 0.4) is 0 Å². The second kappa shape index (κ2) is 5.87. The Labute approximate surface area is 103 Å². The minimum atomic E-state index is 0.363. The third-order valence-corrected chi connectivity index (χ3v) is 3.15. The molecule has 1 aliphatic heterocycles. The van der Waals surface area contributed by atoms with Gasteiger partial charge in [-0.25, -0.2) is 0 Å². The van der Waals surface area contributed by atoms with Crippen LogP contribution in [0.1, 0.15) is 19.8 Å². The van der Waals surface area contributed by atoms with E-state index in [1.54, 1.807) is 7.11 Å². The Morgan fingerprint density at radius 3 is 3.12 bits per heavy atom. The third kappa shape index (κ3) is 3.09. The van der Waals surface area contributed by atoms with Gasteiger partial charge in [0.2, 0.25) is 0 Å². The number of hydrogen-bond acceptors (Lipinski definition) is 4. The molecule has 0 amide bonds. The highest BCUT2D eigenvalue weighted by atomic mass is 16.5. The van der Waals surface area contributed by atoms with Crippen molar-refractivity contribution in [1.29, 1.82) is 0 Å². The molecule has 4 heteroatoms. The number of hydrogen-bond donors (Lipinski definition) is 1. The second-order valence-corrected chi connectivity index (χ2v) is 4.45. The van der Waals surface area contributed by atoms with Crippen molar-refractivity contribution in [3.8, 4) is 0 Å². The Balaban J connectivity index is 2.01. The smallest absolute Gasteiger partial charge is 0.0762 e. The van der Waals surface area contributed by atoms with Gasteiger partial charge in [-0.15, -0.1) is 0 Å². The van der Waals surface area contributed by atoms with E-state index in [-0.39, 0.29) is 0 Å². The van der Waals surface area contributed by atoms with Crippen molar-refractivity contribution in [2.24, 2.45) is 0 Å². The van der Waals surface area contributed by atoms with Gasteiger partial charge < -0.3 is 15.0 Å². The maximum Gasteiger partial charge on any atom is 0.0762 e. The molecule has 2 rings (SSSR count). The van der Waals surface area contributed by atoms with Crippen molar-refractivity contribution in [2.45, 2.75) is 25.9 Å². The molecule has 4 nitrogen and oxygen atoms in total. The molecule has 1 atom stereocenters. The summed E-state index contributed by atoms with van der Waals surface area (Å²) in [6, 6.07) is 2.17. The zero-order valence-corrected chi connectivity index (χ0v) is 10.6. The predicted octanol–water partition coefficient (Wildman–Crippen LogP) is 2.13. The molecule has 1 aromatic heterocycles. The molecule has 1 unspecified atom stereocenters. The number of methoxy groups -OCH3 is 1. The lowest BCUT2D eigenvalue weighted by atomic mass is 10.3. The van der Waals surface area contributed by atoms with Crippen molar-refractivity contribution in [3.05, 3.63) is 18.5 Å². The third-order valence-electron chi connectivity index (χ3n) is 3.15. The SMILES string of the molecule is CCCNc1cncc(N2CCC(OC)C2)c1. The normalized spacial score (nSPS) is 19.6. The van der Waals surface area contributed by atoms with Gasteiger partial charge in [0.05, 0.1) is 29.9 Å². The Morgan fingerprint density at radius 2 is 2.41 bits per heavy atom. The summed E-state index contributed by atoms with van der Waals surface area (Å²) in [7, 11) is 1.78. The Bertz CT molecular complexity index is 356. The van der Waals surface area contributed by atoms with E-state index in [4.69, 9.17) is 4.74 Å². The van der Waals surface area contributed by atoms with E-state index in [9.17, 15) is 0 Å². The number of aromatic nitrogens is 1. The molecule has 94 valence electrons. The largest absolute Gasteiger partial charge is 0.384 e. The topological polar surface area (TPSA) is 37.4 Å². The molecule has 1 fully saturated rings. The van der Waals surface area contributed by atoms with Crippen molar-refractivity contribution >= 4 is 11.4 Å². The monoisotopic (exact) mass is 235 g/mol. The highest BCUT2D eigenvalue weighted by Crippen LogP contribution is 2.23. The second-order valence-electron chi connectivity index (χ2n) is 4.45. The van der Waals surface area contributed by atoms with Gasteiger partial charge in [0.15, 0.2) is 0 Å². The van der Waals surface area contributed by atoms with Gasteiger partial charge >= 0.3 is 0 Å². The molecule has 0 radical (unpaired) electrons. The van der Waals surface area contributed by atoms with E-state index in [1.165, 1.54) is 5.69 Å². The fourth-order valence-corrected chi connectivity index (χ4v) is 2.12. The van der Waals surface area contributed by atoms with Crippen LogP contribution in [-0.4, -0.2) is 37.8 Å². The highest BCUT2D eigenvalue weighted by molar-refractivity contribution is 5.56. The molecule has 1 aromatic rings. The molecule has 0 saturated carbocycles. The first-order valence-corrected chi connectivity index (χ1v) is 6.30. The first kappa shape index (κ1) is 12.2. The van der Waals surface area contributed by atoms with Crippen LogP contribution >= 0.6 is 0 Å². The van der Waals surface area contributed by atoms with E-state index >= 15 is 0 Å². The fourth-order valence-electron chi connectivity index (χ4n) is 2.12. The summed E-state index contributed by atoms with van der Waals surface area (Å²) in [6.45, 7) is 5.17. The molecule has 2 heterocycles. The van der Waals surface area contributed by atoms with Crippen LogP contribution in [0.15, 0.2) is 18.5 Å². The average molecular weight is 235 g/mol. The van der Waals surface area contributed by atoms with Gasteiger partial charge in [-0.3, -0.25) is 4.98 Å². The summed E-state index contributed by atoms with van der Waals surface area (Å²) in [6.07, 6.45) is 6.39. The molecule has 1 aliphatic rings. The van der Waals surface area contributed by atoms with Gasteiger partial charge in [0.25, 0.3) is 0 Å². The molecule has 0 aliphatic carbocycles. The molecule has 17 heavy (non-hydrogen) atoms. The van der Waals surface area contributed by atoms with Crippen LogP contribution in [0.4, 0.5) is 11.4 Å². The maximum absolute atomic E-state index is 5.38. The number of nitrogens with zero attached hydrogens (tertiary/aromatic N) is 2. The van der Waals surface area contributed by atoms with Crippen LogP contribution in [0, 0.1) is 0 Å². The number of pyridine rings is 1. The lowest BCUT2D eigenvalue weighted by Crippen LogP contribution is -2.22. The van der Waals surface area contributed by atoms with Crippen LogP contribution in [0.25, 0.3) is 0 Å². The number of rotatable bonds is 5. The minimum Gasteiger partial charge on any atom is -0.384 e. The first-order valence-electron chi connectivity index (χ1n) is 6.30. The lowest BCUT2D eigenvalue weighted by molar-refractivity contribution is 0.121. The molecule has 0 bridgehead atoms. The van der Waals surface area contributed by atoms with Gasteiger partial charge in [-0.2, -0.15) is 0 Å². The van der Waals surface area contributed by atoms with E-state index < -0.39 is 0 Å². The first-order chi connectivity index (χ1) is 8.33. The summed E-state index contributed by atoms with van der Waals surface area (Å²) < 4.78 is 5.38.